The molecule has 45 heavy (non-hydrogen) atoms. The van der Waals surface area contributed by atoms with E-state index in [2.05, 4.69) is 22.5 Å². The Balaban J connectivity index is 1.49. The van der Waals surface area contributed by atoms with E-state index in [4.69, 9.17) is 26.3 Å². The van der Waals surface area contributed by atoms with Crippen LogP contribution in [0.15, 0.2) is 53.6 Å². The summed E-state index contributed by atoms with van der Waals surface area (Å²) in [5.74, 6) is -1.20. The highest BCUT2D eigenvalue weighted by atomic mass is 35.5. The summed E-state index contributed by atoms with van der Waals surface area (Å²) in [5, 5.41) is 11.6. The second kappa shape index (κ2) is 12.4. The van der Waals surface area contributed by atoms with Crippen molar-refractivity contribution < 1.29 is 13.9 Å². The second-order valence-electron chi connectivity index (χ2n) is 11.4. The van der Waals surface area contributed by atoms with E-state index in [0.717, 1.165) is 24.8 Å². The first-order valence-electron chi connectivity index (χ1n) is 14.8. The van der Waals surface area contributed by atoms with E-state index in [0.29, 0.717) is 34.3 Å². The van der Waals surface area contributed by atoms with Gasteiger partial charge in [0.05, 0.1) is 29.2 Å². The predicted octanol–water partition coefficient (Wildman–Crippen LogP) is 4.18. The molecule has 6 rings (SSSR count). The third-order valence-corrected chi connectivity index (χ3v) is 8.91. The van der Waals surface area contributed by atoms with Gasteiger partial charge in [0.25, 0.3) is 11.5 Å². The summed E-state index contributed by atoms with van der Waals surface area (Å²) >= 11 is 6.62. The minimum atomic E-state index is -1.09. The van der Waals surface area contributed by atoms with E-state index in [1.807, 2.05) is 42.3 Å². The Morgan fingerprint density at radius 2 is 1.91 bits per heavy atom. The number of aromatic nitrogens is 4. The summed E-state index contributed by atoms with van der Waals surface area (Å²) in [6.07, 6.45) is 2.00. The molecular weight excluding hydrogens is 599 g/mol. The molecule has 0 radical (unpaired) electrons. The number of carbonyl (C=O) groups excluding carboxylic acids is 1. The first kappa shape index (κ1) is 30.4. The molecule has 4 heterocycles. The molecule has 2 aliphatic heterocycles. The Bertz CT molecular complexity index is 1920. The van der Waals surface area contributed by atoms with Crippen molar-refractivity contribution in [1.29, 1.82) is 5.26 Å². The van der Waals surface area contributed by atoms with E-state index in [-0.39, 0.29) is 49.1 Å². The van der Waals surface area contributed by atoms with E-state index in [1.54, 1.807) is 13.0 Å². The molecule has 13 heteroatoms. The molecule has 0 unspecified atom stereocenters. The zero-order valence-electron chi connectivity index (χ0n) is 25.0. The molecule has 2 aromatic heterocycles. The topological polar surface area (TPSA) is 120 Å². The van der Waals surface area contributed by atoms with Crippen LogP contribution in [0.25, 0.3) is 27.5 Å². The molecule has 1 amide bonds. The number of fused-ring (bicyclic) bond motifs is 2. The maximum Gasteiger partial charge on any atom is 0.319 e. The number of ether oxygens (including phenoxy) is 1. The monoisotopic (exact) mass is 630 g/mol. The van der Waals surface area contributed by atoms with Crippen LogP contribution in [-0.4, -0.2) is 87.1 Å². The van der Waals surface area contributed by atoms with Gasteiger partial charge in [-0.15, -0.1) is 0 Å². The molecular formula is C32H32ClFN8O3. The average molecular weight is 631 g/mol. The molecule has 2 aromatic carbocycles. The summed E-state index contributed by atoms with van der Waals surface area (Å²) in [6.45, 7) is 6.70. The third-order valence-electron chi connectivity index (χ3n) is 8.60. The molecule has 0 saturated carbocycles. The molecule has 11 nitrogen and oxygen atoms in total. The number of benzene rings is 2. The minimum absolute atomic E-state index is 0.0236. The van der Waals surface area contributed by atoms with Crippen molar-refractivity contribution in [3.63, 3.8) is 0 Å². The van der Waals surface area contributed by atoms with Gasteiger partial charge in [-0.3, -0.25) is 14.2 Å². The Morgan fingerprint density at radius 3 is 2.62 bits per heavy atom. The van der Waals surface area contributed by atoms with E-state index >= 15 is 0 Å². The molecule has 2 atom stereocenters. The van der Waals surface area contributed by atoms with Gasteiger partial charge in [-0.25, -0.2) is 9.37 Å². The highest BCUT2D eigenvalue weighted by Gasteiger charge is 2.34. The van der Waals surface area contributed by atoms with Crippen LogP contribution in [0.4, 0.5) is 10.2 Å². The molecule has 2 aliphatic rings. The lowest BCUT2D eigenvalue weighted by molar-refractivity contribution is -0.131. The van der Waals surface area contributed by atoms with E-state index in [9.17, 15) is 19.2 Å². The van der Waals surface area contributed by atoms with Gasteiger partial charge in [-0.1, -0.05) is 42.4 Å². The first-order valence-corrected chi connectivity index (χ1v) is 15.1. The Hall–Kier alpha value is -4.60. The summed E-state index contributed by atoms with van der Waals surface area (Å²) in [4.78, 5) is 46.4. The Kier molecular flexibility index (Phi) is 8.40. The van der Waals surface area contributed by atoms with Crippen LogP contribution in [0.1, 0.15) is 25.1 Å². The minimum Gasteiger partial charge on any atom is -0.462 e. The number of aryl methyl sites for hydroxylation is 1. The number of likely N-dealkylation sites (tertiary alicyclic amines) is 1. The normalized spacial score (nSPS) is 18.8. The fraction of sp³-hybridized carbons (Fsp3) is 0.375. The van der Waals surface area contributed by atoms with Crippen molar-refractivity contribution in [3.05, 3.63) is 70.0 Å². The highest BCUT2D eigenvalue weighted by molar-refractivity contribution is 6.36. The lowest BCUT2D eigenvalue weighted by Crippen LogP contribution is -2.55. The summed E-state index contributed by atoms with van der Waals surface area (Å²) in [5.41, 5.74) is 0.457. The fourth-order valence-electron chi connectivity index (χ4n) is 6.28. The third kappa shape index (κ3) is 5.69. The maximum atomic E-state index is 14.3. The van der Waals surface area contributed by atoms with Gasteiger partial charge in [0.1, 0.15) is 17.9 Å². The van der Waals surface area contributed by atoms with Gasteiger partial charge in [0.15, 0.2) is 17.2 Å². The molecule has 0 spiro atoms. The Labute approximate surface area is 264 Å². The van der Waals surface area contributed by atoms with Crippen molar-refractivity contribution in [1.82, 2.24) is 29.3 Å². The number of hydrogen-bond donors (Lipinski definition) is 0. The number of halogens is 2. The van der Waals surface area contributed by atoms with Crippen LogP contribution in [-0.2, 0) is 4.79 Å². The SMILES string of the molecule is C=C(F)C(=O)N1CCN(c2nc(OC[C@@H]3CCCN3C)nc3c(=O)n(-c4cccc5cccc(Cl)c45)c(C)nc23)C[C@@H]1CC#N. The predicted molar refractivity (Wildman–Crippen MR) is 170 cm³/mol. The lowest BCUT2D eigenvalue weighted by Gasteiger charge is -2.41. The maximum absolute atomic E-state index is 14.3. The number of amides is 1. The Morgan fingerprint density at radius 1 is 1.13 bits per heavy atom. The molecule has 0 bridgehead atoms. The molecule has 2 saturated heterocycles. The van der Waals surface area contributed by atoms with E-state index in [1.165, 1.54) is 9.47 Å². The first-order chi connectivity index (χ1) is 21.7. The van der Waals surface area contributed by atoms with Crippen molar-refractivity contribution in [2.45, 2.75) is 38.3 Å². The van der Waals surface area contributed by atoms with Crippen LogP contribution >= 0.6 is 11.6 Å². The zero-order chi connectivity index (χ0) is 31.8. The van der Waals surface area contributed by atoms with Gasteiger partial charge in [0, 0.05) is 31.1 Å². The number of likely N-dealkylation sites (N-methyl/N-ethyl adjacent to an activating group) is 1. The number of hydrogen-bond acceptors (Lipinski definition) is 9. The van der Waals surface area contributed by atoms with Crippen molar-refractivity contribution in [3.8, 4) is 17.8 Å². The smallest absolute Gasteiger partial charge is 0.319 e. The number of nitrogens with zero attached hydrogens (tertiary/aromatic N) is 8. The van der Waals surface area contributed by atoms with Crippen molar-refractivity contribution in [2.75, 3.05) is 44.7 Å². The van der Waals surface area contributed by atoms with Crippen molar-refractivity contribution >= 4 is 45.1 Å². The van der Waals surface area contributed by atoms with Crippen LogP contribution in [0, 0.1) is 18.3 Å². The largest absolute Gasteiger partial charge is 0.462 e. The average Bonchev–Trinajstić information content (AvgIpc) is 3.44. The van der Waals surface area contributed by atoms with Gasteiger partial charge >= 0.3 is 6.01 Å². The van der Waals surface area contributed by atoms with E-state index < -0.39 is 23.3 Å². The summed E-state index contributed by atoms with van der Waals surface area (Å²) < 4.78 is 21.4. The number of piperazine rings is 1. The van der Waals surface area contributed by atoms with Gasteiger partial charge in [-0.05, 0) is 50.9 Å². The number of anilines is 1. The summed E-state index contributed by atoms with van der Waals surface area (Å²) in [7, 11) is 2.04. The molecule has 0 aliphatic carbocycles. The zero-order valence-corrected chi connectivity index (χ0v) is 25.8. The molecule has 2 fully saturated rings. The second-order valence-corrected chi connectivity index (χ2v) is 11.8. The molecule has 4 aromatic rings. The number of rotatable bonds is 7. The van der Waals surface area contributed by atoms with Crippen LogP contribution in [0.5, 0.6) is 6.01 Å². The van der Waals surface area contributed by atoms with Crippen LogP contribution < -0.4 is 15.2 Å². The van der Waals surface area contributed by atoms with Gasteiger partial charge in [-0.2, -0.15) is 15.2 Å². The number of nitriles is 1. The number of carbonyl (C=O) groups is 1. The molecule has 232 valence electrons. The quantitative estimate of drug-likeness (QED) is 0.277. The van der Waals surface area contributed by atoms with Gasteiger partial charge in [0.2, 0.25) is 0 Å². The van der Waals surface area contributed by atoms with Gasteiger partial charge < -0.3 is 19.4 Å². The van der Waals surface area contributed by atoms with Crippen LogP contribution in [0.3, 0.4) is 0 Å². The standard InChI is InChI=1S/C32H32ClFN8O3/c1-19(34)30(43)41-16-15-40(17-22(41)12-13-35)29-27-28(37-32(38-29)45-18-23-9-6-14-39(23)3)31(44)42(20(2)36-27)25-11-5-8-21-7-4-10-24(33)26(21)25/h4-5,7-8,10-11,22-23H,1,6,9,12,14-18H2,2-3H3/t22-,23-/m0/s1. The molecule has 0 N–H and O–H groups in total. The summed E-state index contributed by atoms with van der Waals surface area (Å²) in [6, 6.07) is 12.8. The lowest BCUT2D eigenvalue weighted by atomic mass is 10.1. The highest BCUT2D eigenvalue weighted by Crippen LogP contribution is 2.31. The van der Waals surface area contributed by atoms with Crippen molar-refractivity contribution in [2.24, 2.45) is 0 Å². The van der Waals surface area contributed by atoms with Crippen LogP contribution in [0.2, 0.25) is 5.02 Å². The fourth-order valence-corrected chi connectivity index (χ4v) is 6.56.